The quantitative estimate of drug-likeness (QED) is 0.918. The SMILES string of the molecule is CC1=C(c2csc(-c3ccc(C#N)cc3)n2)CN(O)C=C1. The van der Waals surface area contributed by atoms with Gasteiger partial charge in [-0.05, 0) is 30.7 Å². The Balaban J connectivity index is 1.93. The lowest BCUT2D eigenvalue weighted by Gasteiger charge is -2.19. The molecule has 0 atom stereocenters. The van der Waals surface area contributed by atoms with Crippen LogP contribution in [0.1, 0.15) is 18.2 Å². The predicted molar refractivity (Wildman–Crippen MR) is 82.5 cm³/mol. The third-order valence-electron chi connectivity index (χ3n) is 3.37. The van der Waals surface area contributed by atoms with E-state index in [1.54, 1.807) is 29.7 Å². The molecule has 0 fully saturated rings. The number of benzene rings is 1. The molecule has 1 aliphatic rings. The van der Waals surface area contributed by atoms with Gasteiger partial charge >= 0.3 is 0 Å². The summed E-state index contributed by atoms with van der Waals surface area (Å²) in [6, 6.07) is 9.50. The molecule has 0 radical (unpaired) electrons. The van der Waals surface area contributed by atoms with Gasteiger partial charge in [-0.25, -0.2) is 4.98 Å². The molecule has 0 bridgehead atoms. The zero-order chi connectivity index (χ0) is 14.8. The van der Waals surface area contributed by atoms with E-state index in [2.05, 4.69) is 11.1 Å². The molecule has 0 spiro atoms. The number of rotatable bonds is 2. The van der Waals surface area contributed by atoms with E-state index in [0.717, 1.165) is 32.5 Å². The van der Waals surface area contributed by atoms with Crippen molar-refractivity contribution in [1.29, 1.82) is 5.26 Å². The Morgan fingerprint density at radius 2 is 2.10 bits per heavy atom. The van der Waals surface area contributed by atoms with Gasteiger partial charge in [-0.2, -0.15) is 5.26 Å². The average molecular weight is 295 g/mol. The Morgan fingerprint density at radius 1 is 1.33 bits per heavy atom. The second kappa shape index (κ2) is 5.52. The fourth-order valence-corrected chi connectivity index (χ4v) is 2.99. The van der Waals surface area contributed by atoms with Gasteiger partial charge in [0.2, 0.25) is 0 Å². The first-order chi connectivity index (χ1) is 10.2. The third-order valence-corrected chi connectivity index (χ3v) is 4.26. The number of hydrogen-bond acceptors (Lipinski definition) is 5. The van der Waals surface area contributed by atoms with Gasteiger partial charge in [0.15, 0.2) is 0 Å². The van der Waals surface area contributed by atoms with Gasteiger partial charge in [0.05, 0.1) is 23.9 Å². The average Bonchev–Trinajstić information content (AvgIpc) is 2.99. The van der Waals surface area contributed by atoms with Gasteiger partial charge in [0.1, 0.15) is 5.01 Å². The largest absolute Gasteiger partial charge is 0.289 e. The summed E-state index contributed by atoms with van der Waals surface area (Å²) in [4.78, 5) is 4.65. The van der Waals surface area contributed by atoms with Gasteiger partial charge in [-0.1, -0.05) is 12.1 Å². The van der Waals surface area contributed by atoms with Crippen molar-refractivity contribution in [3.8, 4) is 16.6 Å². The van der Waals surface area contributed by atoms with E-state index >= 15 is 0 Å². The van der Waals surface area contributed by atoms with Crippen LogP contribution in [0.3, 0.4) is 0 Å². The number of allylic oxidation sites excluding steroid dienone is 2. The molecule has 1 aliphatic heterocycles. The van der Waals surface area contributed by atoms with Crippen molar-refractivity contribution in [3.63, 3.8) is 0 Å². The molecule has 2 heterocycles. The molecule has 1 aromatic heterocycles. The molecule has 4 nitrogen and oxygen atoms in total. The van der Waals surface area contributed by atoms with Gasteiger partial charge in [-0.3, -0.25) is 10.3 Å². The second-order valence-corrected chi connectivity index (χ2v) is 5.66. The lowest BCUT2D eigenvalue weighted by molar-refractivity contribution is -0.0282. The molecular weight excluding hydrogens is 282 g/mol. The van der Waals surface area contributed by atoms with E-state index in [0.29, 0.717) is 12.1 Å². The molecule has 0 unspecified atom stereocenters. The van der Waals surface area contributed by atoms with Crippen molar-refractivity contribution in [2.75, 3.05) is 6.54 Å². The molecular formula is C16H13N3OS. The van der Waals surface area contributed by atoms with Crippen molar-refractivity contribution in [3.05, 3.63) is 58.8 Å². The van der Waals surface area contributed by atoms with Crippen LogP contribution in [0.4, 0.5) is 0 Å². The van der Waals surface area contributed by atoms with Crippen LogP contribution in [-0.2, 0) is 0 Å². The number of nitriles is 1. The van der Waals surface area contributed by atoms with Crippen LogP contribution in [-0.4, -0.2) is 21.8 Å². The van der Waals surface area contributed by atoms with Crippen LogP contribution in [0, 0.1) is 11.3 Å². The van der Waals surface area contributed by atoms with Crippen molar-refractivity contribution in [2.24, 2.45) is 0 Å². The zero-order valence-corrected chi connectivity index (χ0v) is 12.3. The summed E-state index contributed by atoms with van der Waals surface area (Å²) in [5, 5.41) is 22.5. The molecule has 0 amide bonds. The Hall–Kier alpha value is -2.42. The fourth-order valence-electron chi connectivity index (χ4n) is 2.15. The lowest BCUT2D eigenvalue weighted by Crippen LogP contribution is -2.18. The van der Waals surface area contributed by atoms with E-state index in [1.807, 2.05) is 30.5 Å². The predicted octanol–water partition coefficient (Wildman–Crippen LogP) is 3.67. The van der Waals surface area contributed by atoms with E-state index in [9.17, 15) is 5.21 Å². The third kappa shape index (κ3) is 2.72. The summed E-state index contributed by atoms with van der Waals surface area (Å²) >= 11 is 1.56. The summed E-state index contributed by atoms with van der Waals surface area (Å²) in [5.41, 5.74) is 4.66. The maximum atomic E-state index is 9.60. The van der Waals surface area contributed by atoms with Gasteiger partial charge in [-0.15, -0.1) is 11.3 Å². The summed E-state index contributed by atoms with van der Waals surface area (Å²) in [6.45, 7) is 2.46. The Kier molecular flexibility index (Phi) is 3.57. The Morgan fingerprint density at radius 3 is 2.81 bits per heavy atom. The minimum Gasteiger partial charge on any atom is -0.289 e. The highest BCUT2D eigenvalue weighted by atomic mass is 32.1. The highest BCUT2D eigenvalue weighted by molar-refractivity contribution is 7.13. The monoisotopic (exact) mass is 295 g/mol. The smallest absolute Gasteiger partial charge is 0.124 e. The molecule has 21 heavy (non-hydrogen) atoms. The maximum Gasteiger partial charge on any atom is 0.124 e. The van der Waals surface area contributed by atoms with E-state index in [1.165, 1.54) is 0 Å². The second-order valence-electron chi connectivity index (χ2n) is 4.80. The summed E-state index contributed by atoms with van der Waals surface area (Å²) in [7, 11) is 0. The molecule has 104 valence electrons. The van der Waals surface area contributed by atoms with Crippen LogP contribution < -0.4 is 0 Å². The zero-order valence-electron chi connectivity index (χ0n) is 11.4. The topological polar surface area (TPSA) is 60.2 Å². The first kappa shape index (κ1) is 13.6. The Bertz CT molecular complexity index is 766. The summed E-state index contributed by atoms with van der Waals surface area (Å²) < 4.78 is 0. The van der Waals surface area contributed by atoms with Crippen LogP contribution >= 0.6 is 11.3 Å². The number of thiazole rings is 1. The van der Waals surface area contributed by atoms with Crippen molar-refractivity contribution >= 4 is 16.9 Å². The standard InChI is InChI=1S/C16H13N3OS/c1-11-6-7-19(20)9-14(11)15-10-21-16(18-15)13-4-2-12(8-17)3-5-13/h2-7,10,20H,9H2,1H3. The normalized spacial score (nSPS) is 14.4. The molecule has 3 rings (SSSR count). The van der Waals surface area contributed by atoms with E-state index in [4.69, 9.17) is 5.26 Å². The molecule has 1 aromatic carbocycles. The van der Waals surface area contributed by atoms with Crippen LogP contribution in [0.2, 0.25) is 0 Å². The van der Waals surface area contributed by atoms with Crippen molar-refractivity contribution in [1.82, 2.24) is 10.0 Å². The molecule has 2 aromatic rings. The molecule has 0 saturated heterocycles. The fraction of sp³-hybridized carbons (Fsp3) is 0.125. The molecule has 5 heteroatoms. The highest BCUT2D eigenvalue weighted by Gasteiger charge is 2.15. The lowest BCUT2D eigenvalue weighted by atomic mass is 10.0. The van der Waals surface area contributed by atoms with Gasteiger partial charge in [0.25, 0.3) is 0 Å². The van der Waals surface area contributed by atoms with Crippen LogP contribution in [0.25, 0.3) is 16.1 Å². The van der Waals surface area contributed by atoms with E-state index < -0.39 is 0 Å². The summed E-state index contributed by atoms with van der Waals surface area (Å²) in [6.07, 6.45) is 3.52. The Labute approximate surface area is 126 Å². The van der Waals surface area contributed by atoms with Gasteiger partial charge in [0, 0.05) is 22.7 Å². The van der Waals surface area contributed by atoms with Crippen LogP contribution in [0.5, 0.6) is 0 Å². The van der Waals surface area contributed by atoms with Gasteiger partial charge < -0.3 is 0 Å². The molecule has 1 N–H and O–H groups in total. The van der Waals surface area contributed by atoms with Crippen molar-refractivity contribution in [2.45, 2.75) is 6.92 Å². The first-order valence-corrected chi connectivity index (χ1v) is 7.35. The number of hydrogen-bond donors (Lipinski definition) is 1. The first-order valence-electron chi connectivity index (χ1n) is 6.47. The minimum absolute atomic E-state index is 0.443. The number of hydroxylamine groups is 2. The van der Waals surface area contributed by atoms with Crippen LogP contribution in [0.15, 0.2) is 47.5 Å². The molecule has 0 aliphatic carbocycles. The highest BCUT2D eigenvalue weighted by Crippen LogP contribution is 2.30. The summed E-state index contributed by atoms with van der Waals surface area (Å²) in [5.74, 6) is 0. The van der Waals surface area contributed by atoms with E-state index in [-0.39, 0.29) is 0 Å². The number of nitrogens with zero attached hydrogens (tertiary/aromatic N) is 3. The number of aromatic nitrogens is 1. The minimum atomic E-state index is 0.443. The molecule has 0 saturated carbocycles. The van der Waals surface area contributed by atoms with Crippen molar-refractivity contribution < 1.29 is 5.21 Å². The maximum absolute atomic E-state index is 9.60.